The van der Waals surface area contributed by atoms with Crippen molar-refractivity contribution in [2.45, 2.75) is 26.7 Å². The van der Waals surface area contributed by atoms with Crippen LogP contribution in [0.1, 0.15) is 34.3 Å². The summed E-state index contributed by atoms with van der Waals surface area (Å²) in [7, 11) is 1.40. The van der Waals surface area contributed by atoms with E-state index in [0.717, 1.165) is 29.5 Å². The average molecular weight is 275 g/mol. The normalized spacial score (nSPS) is 18.8. The lowest BCUT2D eigenvalue weighted by atomic mass is 9.96. The van der Waals surface area contributed by atoms with Crippen molar-refractivity contribution in [3.05, 3.63) is 34.9 Å². The first-order chi connectivity index (χ1) is 9.52. The predicted molar refractivity (Wildman–Crippen MR) is 76.6 cm³/mol. The zero-order valence-electron chi connectivity index (χ0n) is 12.3. The molecule has 1 aliphatic rings. The van der Waals surface area contributed by atoms with Gasteiger partial charge in [-0.25, -0.2) is 0 Å². The summed E-state index contributed by atoms with van der Waals surface area (Å²) >= 11 is 0. The molecule has 0 radical (unpaired) electrons. The fourth-order valence-electron chi connectivity index (χ4n) is 2.74. The summed E-state index contributed by atoms with van der Waals surface area (Å²) in [5.41, 5.74) is 2.85. The molecule has 0 bridgehead atoms. The molecule has 20 heavy (non-hydrogen) atoms. The van der Waals surface area contributed by atoms with Gasteiger partial charge >= 0.3 is 5.97 Å². The lowest BCUT2D eigenvalue weighted by Crippen LogP contribution is -2.42. The van der Waals surface area contributed by atoms with Gasteiger partial charge in [0.25, 0.3) is 5.91 Å². The van der Waals surface area contributed by atoms with Crippen LogP contribution in [0, 0.1) is 19.8 Å². The van der Waals surface area contributed by atoms with Crippen LogP contribution in [0.15, 0.2) is 18.2 Å². The summed E-state index contributed by atoms with van der Waals surface area (Å²) in [6, 6.07) is 5.83. The van der Waals surface area contributed by atoms with Crippen molar-refractivity contribution in [2.75, 3.05) is 20.2 Å². The van der Waals surface area contributed by atoms with E-state index >= 15 is 0 Å². The summed E-state index contributed by atoms with van der Waals surface area (Å²) in [6.45, 7) is 5.12. The number of carbonyl (C=O) groups is 2. The van der Waals surface area contributed by atoms with Crippen molar-refractivity contribution in [1.29, 1.82) is 0 Å². The van der Waals surface area contributed by atoms with Crippen molar-refractivity contribution in [1.82, 2.24) is 4.90 Å². The molecule has 0 aromatic heterocycles. The maximum Gasteiger partial charge on any atom is 0.310 e. The van der Waals surface area contributed by atoms with Gasteiger partial charge in [-0.3, -0.25) is 9.59 Å². The Kier molecular flexibility index (Phi) is 4.42. The Bertz CT molecular complexity index is 524. The molecule has 1 aromatic rings. The number of esters is 1. The second-order valence-electron chi connectivity index (χ2n) is 5.43. The first-order valence-corrected chi connectivity index (χ1v) is 6.97. The van der Waals surface area contributed by atoms with E-state index in [1.165, 1.54) is 7.11 Å². The molecule has 0 saturated carbocycles. The van der Waals surface area contributed by atoms with Gasteiger partial charge in [0.1, 0.15) is 0 Å². The number of ether oxygens (including phenoxy) is 1. The molecule has 0 spiro atoms. The number of hydrogen-bond acceptors (Lipinski definition) is 3. The van der Waals surface area contributed by atoms with Crippen LogP contribution >= 0.6 is 0 Å². The van der Waals surface area contributed by atoms with Gasteiger partial charge in [-0.05, 0) is 38.3 Å². The van der Waals surface area contributed by atoms with Crippen LogP contribution in [0.5, 0.6) is 0 Å². The SMILES string of the molecule is COC(=O)C1CCCN(C(=O)c2ccc(C)cc2C)C1. The quantitative estimate of drug-likeness (QED) is 0.778. The van der Waals surface area contributed by atoms with Crippen LogP contribution in [0.4, 0.5) is 0 Å². The third-order valence-corrected chi connectivity index (χ3v) is 3.86. The van der Waals surface area contributed by atoms with Gasteiger partial charge in [0.15, 0.2) is 0 Å². The van der Waals surface area contributed by atoms with Gasteiger partial charge in [-0.2, -0.15) is 0 Å². The largest absolute Gasteiger partial charge is 0.469 e. The van der Waals surface area contributed by atoms with Crippen molar-refractivity contribution >= 4 is 11.9 Å². The average Bonchev–Trinajstić information content (AvgIpc) is 2.46. The molecular formula is C16H21NO3. The smallest absolute Gasteiger partial charge is 0.310 e. The van der Waals surface area contributed by atoms with Gasteiger partial charge < -0.3 is 9.64 Å². The van der Waals surface area contributed by atoms with Crippen molar-refractivity contribution in [3.63, 3.8) is 0 Å². The van der Waals surface area contributed by atoms with Gasteiger partial charge in [-0.1, -0.05) is 17.7 Å². The van der Waals surface area contributed by atoms with Crippen LogP contribution in [0.25, 0.3) is 0 Å². The second kappa shape index (κ2) is 6.07. The Labute approximate surface area is 119 Å². The van der Waals surface area contributed by atoms with Gasteiger partial charge in [0.2, 0.25) is 0 Å². The van der Waals surface area contributed by atoms with E-state index in [9.17, 15) is 9.59 Å². The number of nitrogens with zero attached hydrogens (tertiary/aromatic N) is 1. The molecule has 1 atom stereocenters. The summed E-state index contributed by atoms with van der Waals surface area (Å²) in [5, 5.41) is 0. The number of methoxy groups -OCH3 is 1. The molecule has 4 nitrogen and oxygen atoms in total. The van der Waals surface area contributed by atoms with Gasteiger partial charge in [-0.15, -0.1) is 0 Å². The summed E-state index contributed by atoms with van der Waals surface area (Å²) in [5.74, 6) is -0.400. The number of aryl methyl sites for hydroxylation is 2. The van der Waals surface area contributed by atoms with Crippen LogP contribution in [-0.4, -0.2) is 37.0 Å². The molecule has 1 aromatic carbocycles. The minimum Gasteiger partial charge on any atom is -0.469 e. The van der Waals surface area contributed by atoms with Crippen LogP contribution in [0.3, 0.4) is 0 Å². The maximum absolute atomic E-state index is 12.6. The Hall–Kier alpha value is -1.84. The molecule has 0 aliphatic carbocycles. The number of benzene rings is 1. The molecular weight excluding hydrogens is 254 g/mol. The molecule has 1 amide bonds. The fraction of sp³-hybridized carbons (Fsp3) is 0.500. The Morgan fingerprint density at radius 2 is 2.05 bits per heavy atom. The van der Waals surface area contributed by atoms with Gasteiger partial charge in [0.05, 0.1) is 13.0 Å². The maximum atomic E-state index is 12.6. The third-order valence-electron chi connectivity index (χ3n) is 3.86. The second-order valence-corrected chi connectivity index (χ2v) is 5.43. The Balaban J connectivity index is 2.14. The molecule has 108 valence electrons. The number of carbonyl (C=O) groups excluding carboxylic acids is 2. The highest BCUT2D eigenvalue weighted by Gasteiger charge is 2.29. The zero-order chi connectivity index (χ0) is 14.7. The number of hydrogen-bond donors (Lipinski definition) is 0. The lowest BCUT2D eigenvalue weighted by Gasteiger charge is -2.31. The van der Waals surface area contributed by atoms with E-state index in [2.05, 4.69) is 0 Å². The molecule has 1 unspecified atom stereocenters. The fourth-order valence-corrected chi connectivity index (χ4v) is 2.74. The highest BCUT2D eigenvalue weighted by Crippen LogP contribution is 2.21. The molecule has 4 heteroatoms. The van der Waals surface area contributed by atoms with E-state index in [0.29, 0.717) is 13.1 Å². The van der Waals surface area contributed by atoms with Crippen LogP contribution in [-0.2, 0) is 9.53 Å². The van der Waals surface area contributed by atoms with Crippen molar-refractivity contribution < 1.29 is 14.3 Å². The Morgan fingerprint density at radius 1 is 1.30 bits per heavy atom. The standard InChI is InChI=1S/C16H21NO3/c1-11-6-7-14(12(2)9-11)15(18)17-8-4-5-13(10-17)16(19)20-3/h6-7,9,13H,4-5,8,10H2,1-3H3. The summed E-state index contributed by atoms with van der Waals surface area (Å²) < 4.78 is 4.79. The molecule has 0 N–H and O–H groups in total. The van der Waals surface area contributed by atoms with Crippen molar-refractivity contribution in [2.24, 2.45) is 5.92 Å². The minimum atomic E-state index is -0.219. The van der Waals surface area contributed by atoms with Gasteiger partial charge in [0, 0.05) is 18.7 Å². The molecule has 1 saturated heterocycles. The highest BCUT2D eigenvalue weighted by atomic mass is 16.5. The monoisotopic (exact) mass is 275 g/mol. The van der Waals surface area contributed by atoms with Crippen LogP contribution in [0.2, 0.25) is 0 Å². The number of amides is 1. The first kappa shape index (κ1) is 14.6. The van der Waals surface area contributed by atoms with Crippen molar-refractivity contribution in [3.8, 4) is 0 Å². The zero-order valence-corrected chi connectivity index (χ0v) is 12.3. The number of piperidine rings is 1. The number of rotatable bonds is 2. The van der Waals surface area contributed by atoms with E-state index in [-0.39, 0.29) is 17.8 Å². The lowest BCUT2D eigenvalue weighted by molar-refractivity contribution is -0.146. The molecule has 2 rings (SSSR count). The van der Waals surface area contributed by atoms with E-state index < -0.39 is 0 Å². The molecule has 1 aliphatic heterocycles. The van der Waals surface area contributed by atoms with Crippen LogP contribution < -0.4 is 0 Å². The van der Waals surface area contributed by atoms with E-state index in [1.807, 2.05) is 32.0 Å². The predicted octanol–water partition coefficient (Wildman–Crippen LogP) is 2.33. The summed E-state index contributed by atoms with van der Waals surface area (Å²) in [4.78, 5) is 26.0. The number of likely N-dealkylation sites (tertiary alicyclic amines) is 1. The van der Waals surface area contributed by atoms with E-state index in [1.54, 1.807) is 4.90 Å². The topological polar surface area (TPSA) is 46.6 Å². The first-order valence-electron chi connectivity index (χ1n) is 6.97. The molecule has 1 fully saturated rings. The highest BCUT2D eigenvalue weighted by molar-refractivity contribution is 5.96. The van der Waals surface area contributed by atoms with E-state index in [4.69, 9.17) is 4.74 Å². The Morgan fingerprint density at radius 3 is 2.70 bits per heavy atom. The minimum absolute atomic E-state index is 0.0103. The third kappa shape index (κ3) is 3.00. The molecule has 1 heterocycles. The summed E-state index contributed by atoms with van der Waals surface area (Å²) in [6.07, 6.45) is 1.64.